The predicted octanol–water partition coefficient (Wildman–Crippen LogP) is 2.50. The minimum Gasteiger partial charge on any atom is -0.338 e. The van der Waals surface area contributed by atoms with E-state index in [0.29, 0.717) is 43.7 Å². The Labute approximate surface area is 166 Å². The van der Waals surface area contributed by atoms with Gasteiger partial charge in [0, 0.05) is 50.4 Å². The fraction of sp³-hybridized carbons (Fsp3) is 0.400. The van der Waals surface area contributed by atoms with E-state index in [-0.39, 0.29) is 11.5 Å². The molecule has 4 rings (SSSR count). The van der Waals surface area contributed by atoms with Crippen LogP contribution in [0.25, 0.3) is 0 Å². The van der Waals surface area contributed by atoms with Crippen molar-refractivity contribution in [2.45, 2.75) is 19.3 Å². The number of halogens is 2. The zero-order valence-electron chi connectivity index (χ0n) is 15.8. The number of hydrogen-bond donors (Lipinski definition) is 0. The first-order valence-electron chi connectivity index (χ1n) is 9.23. The van der Waals surface area contributed by atoms with E-state index in [1.54, 1.807) is 34.1 Å². The van der Waals surface area contributed by atoms with E-state index in [2.05, 4.69) is 5.10 Å². The molecule has 1 spiro atoms. The van der Waals surface area contributed by atoms with E-state index in [1.165, 1.54) is 17.9 Å². The first kappa shape index (κ1) is 19.1. The number of alkyl halides is 2. The van der Waals surface area contributed by atoms with Gasteiger partial charge in [0.2, 0.25) is 5.91 Å². The maximum absolute atomic E-state index is 13.2. The van der Waals surface area contributed by atoms with Crippen molar-refractivity contribution in [2.24, 2.45) is 12.5 Å². The average Bonchev–Trinajstić information content (AvgIpc) is 3.38. The van der Waals surface area contributed by atoms with Gasteiger partial charge in [-0.05, 0) is 30.7 Å². The average molecular weight is 399 g/mol. The van der Waals surface area contributed by atoms with E-state index in [1.807, 2.05) is 6.07 Å². The van der Waals surface area contributed by atoms with Crippen molar-refractivity contribution in [1.29, 1.82) is 5.26 Å². The third kappa shape index (κ3) is 3.35. The zero-order valence-corrected chi connectivity index (χ0v) is 15.8. The Morgan fingerprint density at radius 1 is 1.28 bits per heavy atom. The molecule has 0 aliphatic carbocycles. The van der Waals surface area contributed by atoms with Crippen molar-refractivity contribution in [2.75, 3.05) is 24.5 Å². The number of aryl methyl sites for hydroxylation is 1. The lowest BCUT2D eigenvalue weighted by atomic mass is 9.86. The molecule has 1 atom stereocenters. The van der Waals surface area contributed by atoms with E-state index in [4.69, 9.17) is 5.26 Å². The van der Waals surface area contributed by atoms with Crippen LogP contribution in [-0.2, 0) is 11.8 Å². The Morgan fingerprint density at radius 3 is 2.66 bits per heavy atom. The van der Waals surface area contributed by atoms with Crippen LogP contribution in [0.5, 0.6) is 0 Å². The van der Waals surface area contributed by atoms with Gasteiger partial charge in [0.25, 0.3) is 12.3 Å². The smallest absolute Gasteiger partial charge is 0.282 e. The molecule has 0 N–H and O–H groups in total. The number of carbonyl (C=O) groups is 2. The van der Waals surface area contributed by atoms with Crippen LogP contribution in [0, 0.1) is 16.7 Å². The highest BCUT2D eigenvalue weighted by atomic mass is 19.3. The van der Waals surface area contributed by atoms with Gasteiger partial charge in [-0.15, -0.1) is 0 Å². The van der Waals surface area contributed by atoms with Gasteiger partial charge in [-0.1, -0.05) is 0 Å². The molecule has 3 heterocycles. The molecule has 2 aromatic rings. The van der Waals surface area contributed by atoms with Gasteiger partial charge in [0.05, 0.1) is 17.2 Å². The number of amides is 2. The summed E-state index contributed by atoms with van der Waals surface area (Å²) in [6.45, 7) is 1.20. The van der Waals surface area contributed by atoms with Crippen LogP contribution in [0.2, 0.25) is 0 Å². The topological polar surface area (TPSA) is 82.2 Å². The summed E-state index contributed by atoms with van der Waals surface area (Å²) in [7, 11) is 1.50. The van der Waals surface area contributed by atoms with Gasteiger partial charge in [0.15, 0.2) is 0 Å². The molecule has 2 fully saturated rings. The van der Waals surface area contributed by atoms with Crippen LogP contribution >= 0.6 is 0 Å². The van der Waals surface area contributed by atoms with Crippen LogP contribution in [0.15, 0.2) is 30.5 Å². The lowest BCUT2D eigenvalue weighted by Crippen LogP contribution is -2.34. The molecule has 1 unspecified atom stereocenters. The van der Waals surface area contributed by atoms with E-state index < -0.39 is 23.4 Å². The fourth-order valence-electron chi connectivity index (χ4n) is 4.23. The molecule has 7 nitrogen and oxygen atoms in total. The van der Waals surface area contributed by atoms with Crippen LogP contribution in [0.4, 0.5) is 14.5 Å². The summed E-state index contributed by atoms with van der Waals surface area (Å²) < 4.78 is 27.6. The molecule has 150 valence electrons. The Balaban J connectivity index is 1.51. The number of rotatable bonds is 3. The number of aromatic nitrogens is 2. The molecule has 2 aliphatic rings. The normalized spacial score (nSPS) is 21.4. The first-order chi connectivity index (χ1) is 13.8. The highest BCUT2D eigenvalue weighted by Gasteiger charge is 2.49. The molecule has 0 bridgehead atoms. The van der Waals surface area contributed by atoms with Gasteiger partial charge in [-0.3, -0.25) is 14.3 Å². The maximum Gasteiger partial charge on any atom is 0.282 e. The third-order valence-electron chi connectivity index (χ3n) is 5.65. The molecular weight excluding hydrogens is 380 g/mol. The second-order valence-electron chi connectivity index (χ2n) is 7.69. The van der Waals surface area contributed by atoms with Crippen molar-refractivity contribution in [3.05, 3.63) is 47.3 Å². The van der Waals surface area contributed by atoms with Crippen LogP contribution in [0.1, 0.15) is 40.9 Å². The van der Waals surface area contributed by atoms with Crippen LogP contribution in [0.3, 0.4) is 0 Å². The summed E-state index contributed by atoms with van der Waals surface area (Å²) >= 11 is 0. The van der Waals surface area contributed by atoms with E-state index in [0.717, 1.165) is 0 Å². The van der Waals surface area contributed by atoms with Gasteiger partial charge in [-0.2, -0.15) is 10.4 Å². The summed E-state index contributed by atoms with van der Waals surface area (Å²) in [4.78, 5) is 28.7. The molecule has 0 saturated carbocycles. The Kier molecular flexibility index (Phi) is 4.57. The van der Waals surface area contributed by atoms with E-state index >= 15 is 0 Å². The van der Waals surface area contributed by atoms with Crippen molar-refractivity contribution < 1.29 is 18.4 Å². The van der Waals surface area contributed by atoms with Gasteiger partial charge in [-0.25, -0.2) is 8.78 Å². The fourth-order valence-corrected chi connectivity index (χ4v) is 4.23. The molecule has 9 heteroatoms. The summed E-state index contributed by atoms with van der Waals surface area (Å²) in [5.41, 5.74) is 0.225. The molecule has 29 heavy (non-hydrogen) atoms. The van der Waals surface area contributed by atoms with Gasteiger partial charge in [0.1, 0.15) is 5.69 Å². The Hall–Kier alpha value is -3.28. The maximum atomic E-state index is 13.2. The number of hydrogen-bond acceptors (Lipinski definition) is 4. The number of nitrogens with zero attached hydrogens (tertiary/aromatic N) is 5. The number of nitriles is 1. The van der Waals surface area contributed by atoms with Gasteiger partial charge >= 0.3 is 0 Å². The number of anilines is 1. The quantitative estimate of drug-likeness (QED) is 0.794. The molecular formula is C20H19F2N5O2. The molecule has 2 amide bonds. The third-order valence-corrected chi connectivity index (χ3v) is 5.65. The minimum atomic E-state index is -2.83. The lowest BCUT2D eigenvalue weighted by molar-refractivity contribution is -0.117. The highest BCUT2D eigenvalue weighted by molar-refractivity contribution is 5.98. The molecule has 2 aliphatic heterocycles. The summed E-state index contributed by atoms with van der Waals surface area (Å²) in [6.07, 6.45) is -0.586. The van der Waals surface area contributed by atoms with Crippen LogP contribution < -0.4 is 4.90 Å². The first-order valence-corrected chi connectivity index (χ1v) is 9.23. The van der Waals surface area contributed by atoms with E-state index in [9.17, 15) is 18.4 Å². The highest BCUT2D eigenvalue weighted by Crippen LogP contribution is 2.42. The molecule has 1 aromatic heterocycles. The summed E-state index contributed by atoms with van der Waals surface area (Å²) in [5, 5.41) is 12.6. The van der Waals surface area contributed by atoms with Crippen molar-refractivity contribution >= 4 is 17.5 Å². The largest absolute Gasteiger partial charge is 0.338 e. The second kappa shape index (κ2) is 6.95. The monoisotopic (exact) mass is 399 g/mol. The number of likely N-dealkylation sites (tertiary alicyclic amines) is 1. The van der Waals surface area contributed by atoms with Crippen molar-refractivity contribution in [3.63, 3.8) is 0 Å². The number of benzene rings is 1. The zero-order chi connectivity index (χ0) is 20.8. The Bertz CT molecular complexity index is 1010. The predicted molar refractivity (Wildman–Crippen MR) is 99.2 cm³/mol. The van der Waals surface area contributed by atoms with Crippen molar-refractivity contribution in [1.82, 2.24) is 14.7 Å². The summed E-state index contributed by atoms with van der Waals surface area (Å²) in [6, 6.07) is 8.83. The second-order valence-corrected chi connectivity index (χ2v) is 7.69. The summed E-state index contributed by atoms with van der Waals surface area (Å²) in [5.74, 6) is -0.520. The Morgan fingerprint density at radius 2 is 2.00 bits per heavy atom. The number of carbonyl (C=O) groups excluding carboxylic acids is 2. The SMILES string of the molecule is Cn1cc(C(=O)N2CCC3(CC(=O)N(c4ccc(C#N)cc4)C3)C2)c(C(F)F)n1. The van der Waals surface area contributed by atoms with Crippen LogP contribution in [-0.4, -0.2) is 46.1 Å². The minimum absolute atomic E-state index is 0.0429. The molecule has 0 radical (unpaired) electrons. The van der Waals surface area contributed by atoms with Gasteiger partial charge < -0.3 is 9.80 Å². The standard InChI is InChI=1S/C20H19F2N5O2/c1-25-10-15(17(24-25)18(21)22)19(29)26-7-6-20(11-26)8-16(28)27(12-20)14-4-2-13(9-23)3-5-14/h2-5,10,18H,6-8,11-12H2,1H3. The lowest BCUT2D eigenvalue weighted by Gasteiger charge is -2.24. The molecule has 1 aromatic carbocycles. The van der Waals surface area contributed by atoms with Crippen molar-refractivity contribution in [3.8, 4) is 6.07 Å². The molecule has 2 saturated heterocycles.